The lowest BCUT2D eigenvalue weighted by Crippen LogP contribution is -2.51. The number of amides is 1. The first kappa shape index (κ1) is 13.4. The van der Waals surface area contributed by atoms with Crippen LogP contribution in [-0.4, -0.2) is 52.9 Å². The van der Waals surface area contributed by atoms with Gasteiger partial charge in [0, 0.05) is 19.7 Å². The Bertz CT molecular complexity index is 256. The Kier molecular flexibility index (Phi) is 4.29. The summed E-state index contributed by atoms with van der Waals surface area (Å²) in [5.41, 5.74) is 5.51. The van der Waals surface area contributed by atoms with E-state index in [0.717, 1.165) is 0 Å². The van der Waals surface area contributed by atoms with Gasteiger partial charge in [-0.1, -0.05) is 13.8 Å². The Balaban J connectivity index is 2.59. The number of aliphatic hydroxyl groups excluding tert-OH is 2. The predicted molar refractivity (Wildman–Crippen MR) is 60.7 cm³/mol. The molecule has 1 aliphatic rings. The maximum absolute atomic E-state index is 12.0. The van der Waals surface area contributed by atoms with Crippen molar-refractivity contribution < 1.29 is 15.0 Å². The summed E-state index contributed by atoms with van der Waals surface area (Å²) in [6.07, 6.45) is 0.701. The normalized spacial score (nSPS) is 23.6. The van der Waals surface area contributed by atoms with Crippen LogP contribution in [0.15, 0.2) is 0 Å². The Hall–Kier alpha value is -0.650. The van der Waals surface area contributed by atoms with Gasteiger partial charge in [-0.15, -0.1) is 0 Å². The topological polar surface area (TPSA) is 86.8 Å². The molecule has 1 amide bonds. The van der Waals surface area contributed by atoms with Crippen LogP contribution in [0, 0.1) is 5.41 Å². The van der Waals surface area contributed by atoms with Crippen LogP contribution in [0.25, 0.3) is 0 Å². The molecule has 0 aromatic rings. The summed E-state index contributed by atoms with van der Waals surface area (Å²) in [7, 11) is 0. The molecule has 2 atom stereocenters. The fourth-order valence-electron chi connectivity index (χ4n) is 1.92. The number of nitrogens with zero attached hydrogens (tertiary/aromatic N) is 1. The molecule has 0 radical (unpaired) electrons. The molecule has 0 aromatic heterocycles. The number of carbonyl (C=O) groups excluding carboxylic acids is 1. The minimum atomic E-state index is -0.620. The monoisotopic (exact) mass is 230 g/mol. The summed E-state index contributed by atoms with van der Waals surface area (Å²) < 4.78 is 0. The van der Waals surface area contributed by atoms with Crippen molar-refractivity contribution in [3.63, 3.8) is 0 Å². The fraction of sp³-hybridized carbons (Fsp3) is 0.909. The smallest absolute Gasteiger partial charge is 0.240 e. The van der Waals surface area contributed by atoms with Crippen molar-refractivity contribution in [3.05, 3.63) is 0 Å². The average Bonchev–Trinajstić information content (AvgIpc) is 2.62. The quantitative estimate of drug-likeness (QED) is 0.597. The second-order valence-corrected chi connectivity index (χ2v) is 5.17. The molecule has 1 rings (SSSR count). The first-order valence-corrected chi connectivity index (χ1v) is 5.72. The van der Waals surface area contributed by atoms with Gasteiger partial charge >= 0.3 is 0 Å². The minimum Gasteiger partial charge on any atom is -0.396 e. The molecule has 5 heteroatoms. The van der Waals surface area contributed by atoms with Crippen molar-refractivity contribution in [2.75, 3.05) is 19.7 Å². The lowest BCUT2D eigenvalue weighted by atomic mass is 9.81. The molecule has 0 saturated carbocycles. The predicted octanol–water partition coefficient (Wildman–Crippen LogP) is -0.684. The van der Waals surface area contributed by atoms with Gasteiger partial charge in [-0.2, -0.15) is 0 Å². The SMILES string of the molecule is CC(C)(CCO)C(N)C(=O)N1CCC(O)C1. The highest BCUT2D eigenvalue weighted by Crippen LogP contribution is 2.25. The summed E-state index contributed by atoms with van der Waals surface area (Å²) in [5, 5.41) is 18.3. The number of hydrogen-bond donors (Lipinski definition) is 3. The third-order valence-electron chi connectivity index (χ3n) is 3.34. The van der Waals surface area contributed by atoms with Crippen molar-refractivity contribution in [1.82, 2.24) is 4.90 Å². The maximum atomic E-state index is 12.0. The Morgan fingerprint density at radius 3 is 2.69 bits per heavy atom. The van der Waals surface area contributed by atoms with Gasteiger partial charge in [0.25, 0.3) is 0 Å². The van der Waals surface area contributed by atoms with Crippen LogP contribution in [-0.2, 0) is 4.79 Å². The van der Waals surface area contributed by atoms with Gasteiger partial charge in [0.2, 0.25) is 5.91 Å². The molecule has 0 spiro atoms. The number of rotatable bonds is 4. The molecule has 94 valence electrons. The van der Waals surface area contributed by atoms with Crippen LogP contribution in [0.5, 0.6) is 0 Å². The molecule has 1 fully saturated rings. The van der Waals surface area contributed by atoms with Crippen LogP contribution in [0.1, 0.15) is 26.7 Å². The molecular weight excluding hydrogens is 208 g/mol. The Morgan fingerprint density at radius 2 is 2.25 bits per heavy atom. The molecule has 4 N–H and O–H groups in total. The zero-order valence-corrected chi connectivity index (χ0v) is 10.0. The molecule has 2 unspecified atom stereocenters. The molecule has 0 bridgehead atoms. The second-order valence-electron chi connectivity index (χ2n) is 5.17. The maximum Gasteiger partial charge on any atom is 0.240 e. The van der Waals surface area contributed by atoms with Crippen molar-refractivity contribution in [3.8, 4) is 0 Å². The van der Waals surface area contributed by atoms with Crippen LogP contribution >= 0.6 is 0 Å². The summed E-state index contributed by atoms with van der Waals surface area (Å²) >= 11 is 0. The van der Waals surface area contributed by atoms with E-state index in [1.807, 2.05) is 13.8 Å². The van der Waals surface area contributed by atoms with E-state index in [-0.39, 0.29) is 12.5 Å². The van der Waals surface area contributed by atoms with Gasteiger partial charge in [-0.25, -0.2) is 0 Å². The second kappa shape index (κ2) is 5.12. The lowest BCUT2D eigenvalue weighted by molar-refractivity contribution is -0.134. The molecule has 1 saturated heterocycles. The summed E-state index contributed by atoms with van der Waals surface area (Å²) in [6, 6.07) is -0.620. The highest BCUT2D eigenvalue weighted by molar-refractivity contribution is 5.82. The lowest BCUT2D eigenvalue weighted by Gasteiger charge is -2.32. The van der Waals surface area contributed by atoms with Crippen LogP contribution in [0.3, 0.4) is 0 Å². The van der Waals surface area contributed by atoms with E-state index in [2.05, 4.69) is 0 Å². The van der Waals surface area contributed by atoms with Gasteiger partial charge in [0.15, 0.2) is 0 Å². The summed E-state index contributed by atoms with van der Waals surface area (Å²) in [4.78, 5) is 13.6. The van der Waals surface area contributed by atoms with Crippen molar-refractivity contribution in [2.45, 2.75) is 38.8 Å². The molecule has 5 nitrogen and oxygen atoms in total. The third-order valence-corrected chi connectivity index (χ3v) is 3.34. The highest BCUT2D eigenvalue weighted by atomic mass is 16.3. The fourth-order valence-corrected chi connectivity index (χ4v) is 1.92. The average molecular weight is 230 g/mol. The molecule has 1 aliphatic heterocycles. The largest absolute Gasteiger partial charge is 0.396 e. The molecule has 1 heterocycles. The van der Waals surface area contributed by atoms with Crippen molar-refractivity contribution in [2.24, 2.45) is 11.1 Å². The van der Waals surface area contributed by atoms with Gasteiger partial charge in [0.05, 0.1) is 12.1 Å². The number of β-amino-alcohol motifs (C(OH)–C–C–N with tert-alkyl or cyclic N) is 1. The summed E-state index contributed by atoms with van der Waals surface area (Å²) in [5.74, 6) is -0.130. The van der Waals surface area contributed by atoms with Gasteiger partial charge in [0.1, 0.15) is 0 Å². The zero-order chi connectivity index (χ0) is 12.3. The number of aliphatic hydroxyl groups is 2. The Morgan fingerprint density at radius 1 is 1.62 bits per heavy atom. The molecule has 0 aromatic carbocycles. The van der Waals surface area contributed by atoms with E-state index in [9.17, 15) is 9.90 Å². The van der Waals surface area contributed by atoms with E-state index >= 15 is 0 Å². The zero-order valence-electron chi connectivity index (χ0n) is 10.0. The van der Waals surface area contributed by atoms with Gasteiger partial charge < -0.3 is 20.8 Å². The van der Waals surface area contributed by atoms with E-state index in [1.165, 1.54) is 0 Å². The first-order valence-electron chi connectivity index (χ1n) is 5.72. The van der Waals surface area contributed by atoms with E-state index in [1.54, 1.807) is 4.90 Å². The number of carbonyl (C=O) groups is 1. The first-order chi connectivity index (χ1) is 7.38. The molecular formula is C11H22N2O3. The van der Waals surface area contributed by atoms with Gasteiger partial charge in [-0.05, 0) is 18.3 Å². The summed E-state index contributed by atoms with van der Waals surface area (Å²) in [6.45, 7) is 4.72. The van der Waals surface area contributed by atoms with E-state index < -0.39 is 17.6 Å². The van der Waals surface area contributed by atoms with Crippen molar-refractivity contribution >= 4 is 5.91 Å². The van der Waals surface area contributed by atoms with E-state index in [0.29, 0.717) is 25.9 Å². The number of likely N-dealkylation sites (tertiary alicyclic amines) is 1. The molecule has 16 heavy (non-hydrogen) atoms. The number of nitrogens with two attached hydrogens (primary N) is 1. The molecule has 0 aliphatic carbocycles. The van der Waals surface area contributed by atoms with Crippen molar-refractivity contribution in [1.29, 1.82) is 0 Å². The van der Waals surface area contributed by atoms with E-state index in [4.69, 9.17) is 10.8 Å². The third kappa shape index (κ3) is 2.93. The Labute approximate surface area is 96.2 Å². The highest BCUT2D eigenvalue weighted by Gasteiger charge is 2.36. The van der Waals surface area contributed by atoms with Crippen LogP contribution < -0.4 is 5.73 Å². The number of hydrogen-bond acceptors (Lipinski definition) is 4. The minimum absolute atomic E-state index is 0.0244. The van der Waals surface area contributed by atoms with Crippen LogP contribution in [0.2, 0.25) is 0 Å². The van der Waals surface area contributed by atoms with Crippen LogP contribution in [0.4, 0.5) is 0 Å². The standard InChI is InChI=1S/C11H22N2O3/c1-11(2,4-6-14)9(12)10(16)13-5-3-8(15)7-13/h8-9,14-15H,3-7,12H2,1-2H3. The van der Waals surface area contributed by atoms with Gasteiger partial charge in [-0.3, -0.25) is 4.79 Å².